The Bertz CT molecular complexity index is 1110. The summed E-state index contributed by atoms with van der Waals surface area (Å²) in [6.45, 7) is 8.87. The zero-order chi connectivity index (χ0) is 21.3. The van der Waals surface area contributed by atoms with E-state index in [0.717, 1.165) is 17.6 Å². The number of rotatable bonds is 5. The highest BCUT2D eigenvalue weighted by molar-refractivity contribution is 6.09. The highest BCUT2D eigenvalue weighted by atomic mass is 16.1. The predicted octanol–water partition coefficient (Wildman–Crippen LogP) is 5.32. The molecule has 30 heavy (non-hydrogen) atoms. The van der Waals surface area contributed by atoms with Gasteiger partial charge in [-0.25, -0.2) is 0 Å². The number of H-pyrrole nitrogens is 1. The van der Waals surface area contributed by atoms with Crippen molar-refractivity contribution < 1.29 is 4.79 Å². The van der Waals surface area contributed by atoms with Gasteiger partial charge in [0.2, 0.25) is 0 Å². The molecule has 0 aliphatic heterocycles. The van der Waals surface area contributed by atoms with Gasteiger partial charge in [0.05, 0.1) is 23.1 Å². The third kappa shape index (κ3) is 3.75. The molecule has 5 heteroatoms. The molecule has 0 bridgehead atoms. The van der Waals surface area contributed by atoms with Gasteiger partial charge >= 0.3 is 0 Å². The number of para-hydroxylation sites is 1. The molecule has 1 amide bonds. The number of benzene rings is 1. The van der Waals surface area contributed by atoms with E-state index in [1.165, 1.54) is 16.6 Å². The maximum absolute atomic E-state index is 12.8. The molecule has 2 N–H and O–H groups in total. The van der Waals surface area contributed by atoms with Crippen molar-refractivity contribution in [3.8, 4) is 0 Å². The molecule has 1 aliphatic carbocycles. The van der Waals surface area contributed by atoms with Crippen LogP contribution < -0.4 is 10.2 Å². The number of carbonyl (C=O) groups excluding carboxylic acids is 1. The first kappa shape index (κ1) is 20.0. The molecule has 1 aliphatic rings. The summed E-state index contributed by atoms with van der Waals surface area (Å²) in [5.41, 5.74) is 5.85. The third-order valence-electron chi connectivity index (χ3n) is 5.44. The number of pyridine rings is 1. The van der Waals surface area contributed by atoms with Crippen LogP contribution in [0.4, 0.5) is 11.4 Å². The molecule has 4 rings (SSSR count). The summed E-state index contributed by atoms with van der Waals surface area (Å²) in [6.07, 6.45) is 10.0. The van der Waals surface area contributed by atoms with Crippen molar-refractivity contribution in [2.24, 2.45) is 0 Å². The van der Waals surface area contributed by atoms with Gasteiger partial charge in [0.25, 0.3) is 5.91 Å². The molecular weight excluding hydrogens is 372 g/mol. The number of aromatic nitrogens is 2. The maximum atomic E-state index is 12.8. The van der Waals surface area contributed by atoms with E-state index in [1.54, 1.807) is 18.5 Å². The van der Waals surface area contributed by atoms with E-state index in [0.29, 0.717) is 23.3 Å². The highest BCUT2D eigenvalue weighted by Crippen LogP contribution is 2.35. The number of amides is 1. The fourth-order valence-electron chi connectivity index (χ4n) is 4.28. The van der Waals surface area contributed by atoms with Crippen molar-refractivity contribution in [1.29, 1.82) is 0 Å². The second-order valence-electron chi connectivity index (χ2n) is 8.21. The van der Waals surface area contributed by atoms with E-state index in [-0.39, 0.29) is 5.91 Å². The monoisotopic (exact) mass is 400 g/mol. The van der Waals surface area contributed by atoms with Crippen LogP contribution in [0, 0.1) is 0 Å². The molecule has 0 unspecified atom stereocenters. The first-order valence-corrected chi connectivity index (χ1v) is 10.5. The van der Waals surface area contributed by atoms with Crippen LogP contribution in [0.1, 0.15) is 39.0 Å². The number of fused-ring (bicyclic) bond motifs is 3. The van der Waals surface area contributed by atoms with Crippen LogP contribution in [0.3, 0.4) is 0 Å². The summed E-state index contributed by atoms with van der Waals surface area (Å²) in [7, 11) is 0. The van der Waals surface area contributed by atoms with E-state index >= 15 is 0 Å². The van der Waals surface area contributed by atoms with Crippen molar-refractivity contribution in [3.63, 3.8) is 0 Å². The van der Waals surface area contributed by atoms with Gasteiger partial charge in [-0.15, -0.1) is 0 Å². The van der Waals surface area contributed by atoms with Crippen LogP contribution >= 0.6 is 0 Å². The average Bonchev–Trinajstić information content (AvgIpc) is 2.92. The lowest BCUT2D eigenvalue weighted by Gasteiger charge is -2.33. The Morgan fingerprint density at radius 3 is 2.63 bits per heavy atom. The molecule has 5 nitrogen and oxygen atoms in total. The average molecular weight is 401 g/mol. The van der Waals surface area contributed by atoms with E-state index in [1.807, 2.05) is 18.2 Å². The van der Waals surface area contributed by atoms with Crippen LogP contribution in [-0.4, -0.2) is 28.0 Å². The fourth-order valence-corrected chi connectivity index (χ4v) is 4.28. The Morgan fingerprint density at radius 2 is 1.93 bits per heavy atom. The molecule has 0 radical (unpaired) electrons. The summed E-state index contributed by atoms with van der Waals surface area (Å²) in [4.78, 5) is 22.9. The number of hydrogen-bond acceptors (Lipinski definition) is 3. The summed E-state index contributed by atoms with van der Waals surface area (Å²) in [5.74, 6) is -0.142. The smallest absolute Gasteiger partial charge is 0.255 e. The van der Waals surface area contributed by atoms with Gasteiger partial charge in [-0.05, 0) is 64.0 Å². The quantitative estimate of drug-likeness (QED) is 0.609. The van der Waals surface area contributed by atoms with Gasteiger partial charge in [-0.1, -0.05) is 24.3 Å². The molecule has 1 aromatic carbocycles. The van der Waals surface area contributed by atoms with Crippen LogP contribution in [0.5, 0.6) is 0 Å². The molecular formula is C25H28N4O. The summed E-state index contributed by atoms with van der Waals surface area (Å²) >= 11 is 0. The number of carbonyl (C=O) groups is 1. The summed E-state index contributed by atoms with van der Waals surface area (Å²) in [5, 5.41) is 4.13. The Labute approximate surface area is 177 Å². The SMILES string of the molecule is CC(C)N(c1cccc2c3c([nH]c12)C=C(C(=O)Nc1cccnc1)C=CC3)C(C)C. The molecule has 3 aromatic rings. The topological polar surface area (TPSA) is 61.0 Å². The van der Waals surface area contributed by atoms with Gasteiger partial charge < -0.3 is 15.2 Å². The highest BCUT2D eigenvalue weighted by Gasteiger charge is 2.21. The molecule has 2 aromatic heterocycles. The van der Waals surface area contributed by atoms with E-state index in [2.05, 4.69) is 72.2 Å². The van der Waals surface area contributed by atoms with Gasteiger partial charge in [-0.3, -0.25) is 9.78 Å². The number of nitrogens with zero attached hydrogens (tertiary/aromatic N) is 2. The lowest BCUT2D eigenvalue weighted by Crippen LogP contribution is -2.37. The van der Waals surface area contributed by atoms with Crippen molar-refractivity contribution in [1.82, 2.24) is 9.97 Å². The number of hydrogen-bond donors (Lipinski definition) is 2. The van der Waals surface area contributed by atoms with Crippen LogP contribution in [0.15, 0.2) is 60.5 Å². The van der Waals surface area contributed by atoms with Gasteiger partial charge in [0.1, 0.15) is 0 Å². The Kier molecular flexibility index (Phi) is 5.44. The Balaban J connectivity index is 1.75. The Hall–Kier alpha value is -3.34. The third-order valence-corrected chi connectivity index (χ3v) is 5.44. The molecule has 2 heterocycles. The lowest BCUT2D eigenvalue weighted by atomic mass is 10.1. The number of nitrogens with one attached hydrogen (secondary N) is 2. The Morgan fingerprint density at radius 1 is 1.13 bits per heavy atom. The van der Waals surface area contributed by atoms with Crippen molar-refractivity contribution in [2.45, 2.75) is 46.2 Å². The minimum atomic E-state index is -0.142. The number of aromatic amines is 1. The van der Waals surface area contributed by atoms with E-state index < -0.39 is 0 Å². The summed E-state index contributed by atoms with van der Waals surface area (Å²) in [6, 6.07) is 10.9. The lowest BCUT2D eigenvalue weighted by molar-refractivity contribution is -0.112. The first-order chi connectivity index (χ1) is 14.5. The van der Waals surface area contributed by atoms with Crippen molar-refractivity contribution in [3.05, 3.63) is 71.7 Å². The minimum absolute atomic E-state index is 0.142. The molecule has 0 saturated carbocycles. The maximum Gasteiger partial charge on any atom is 0.255 e. The zero-order valence-electron chi connectivity index (χ0n) is 17.9. The van der Waals surface area contributed by atoms with E-state index in [9.17, 15) is 4.79 Å². The zero-order valence-corrected chi connectivity index (χ0v) is 17.9. The summed E-state index contributed by atoms with van der Waals surface area (Å²) < 4.78 is 0. The minimum Gasteiger partial charge on any atom is -0.365 e. The van der Waals surface area contributed by atoms with Gasteiger partial charge in [-0.2, -0.15) is 0 Å². The van der Waals surface area contributed by atoms with Crippen LogP contribution in [0.25, 0.3) is 17.0 Å². The fraction of sp³-hybridized carbons (Fsp3) is 0.280. The molecule has 0 fully saturated rings. The largest absolute Gasteiger partial charge is 0.365 e. The van der Waals surface area contributed by atoms with Gasteiger partial charge in [0.15, 0.2) is 0 Å². The van der Waals surface area contributed by atoms with Crippen LogP contribution in [-0.2, 0) is 11.2 Å². The molecule has 0 saturated heterocycles. The standard InChI is InChI=1S/C25H28N4O/c1-16(2)29(17(3)4)23-12-6-11-21-20-10-5-8-18(14-22(20)28-24(21)23)25(30)27-19-9-7-13-26-15-19/h5-9,11-17,28H,10H2,1-4H3,(H,27,30). The number of anilines is 2. The normalized spacial score (nSPS) is 13.3. The molecule has 0 atom stereocenters. The second-order valence-corrected chi connectivity index (χ2v) is 8.21. The second kappa shape index (κ2) is 8.19. The number of allylic oxidation sites excluding steroid dienone is 1. The van der Waals surface area contributed by atoms with E-state index in [4.69, 9.17) is 0 Å². The van der Waals surface area contributed by atoms with Gasteiger partial charge in [0, 0.05) is 34.9 Å². The molecule has 154 valence electrons. The van der Waals surface area contributed by atoms with Crippen molar-refractivity contribution in [2.75, 3.05) is 10.2 Å². The molecule has 0 spiro atoms. The predicted molar refractivity (Wildman–Crippen MR) is 125 cm³/mol. The first-order valence-electron chi connectivity index (χ1n) is 10.5. The van der Waals surface area contributed by atoms with Crippen molar-refractivity contribution >= 4 is 34.3 Å². The van der Waals surface area contributed by atoms with Crippen LogP contribution in [0.2, 0.25) is 0 Å².